The van der Waals surface area contributed by atoms with Gasteiger partial charge in [-0.05, 0) is 42.0 Å². The fraction of sp³-hybridized carbons (Fsp3) is 0.0417. The maximum absolute atomic E-state index is 15.0. The molecule has 5 heterocycles. The van der Waals surface area contributed by atoms with Gasteiger partial charge in [-0.15, -0.1) is 0 Å². The SMILES string of the molecule is O=C(O)c1c(-c2ccc[nH]c2=O)c2c3occc3c(F)cc2n1Cc1cnc2[nH]ccc2c1. The average Bonchev–Trinajstić information content (AvgIpc) is 3.52. The number of carboxylic acid groups (broad SMARTS) is 1. The topological polar surface area (TPSA) is 117 Å². The van der Waals surface area contributed by atoms with E-state index < -0.39 is 17.3 Å². The first-order valence-electron chi connectivity index (χ1n) is 10.1. The minimum Gasteiger partial charge on any atom is -0.477 e. The van der Waals surface area contributed by atoms with E-state index in [1.165, 1.54) is 35.2 Å². The zero-order chi connectivity index (χ0) is 22.7. The van der Waals surface area contributed by atoms with Crippen LogP contribution in [0.15, 0.2) is 70.5 Å². The summed E-state index contributed by atoms with van der Waals surface area (Å²) in [6.07, 6.45) is 6.20. The third-order valence-electron chi connectivity index (χ3n) is 5.80. The number of hydrogen-bond donors (Lipinski definition) is 3. The van der Waals surface area contributed by atoms with Crippen molar-refractivity contribution in [3.05, 3.63) is 88.7 Å². The number of nitrogens with zero attached hydrogens (tertiary/aromatic N) is 2. The monoisotopic (exact) mass is 442 g/mol. The smallest absolute Gasteiger partial charge is 0.353 e. The summed E-state index contributed by atoms with van der Waals surface area (Å²) in [7, 11) is 0. The van der Waals surface area contributed by atoms with Crippen molar-refractivity contribution in [2.75, 3.05) is 0 Å². The largest absolute Gasteiger partial charge is 0.477 e. The number of halogens is 1. The van der Waals surface area contributed by atoms with Gasteiger partial charge in [0, 0.05) is 36.1 Å². The van der Waals surface area contributed by atoms with Crippen molar-refractivity contribution >= 4 is 38.9 Å². The molecule has 3 N–H and O–H groups in total. The first-order valence-corrected chi connectivity index (χ1v) is 10.1. The summed E-state index contributed by atoms with van der Waals surface area (Å²) in [6.45, 7) is 0.0998. The summed E-state index contributed by atoms with van der Waals surface area (Å²) in [5, 5.41) is 11.7. The molecule has 0 amide bonds. The molecule has 0 saturated heterocycles. The van der Waals surface area contributed by atoms with Crippen molar-refractivity contribution in [1.29, 1.82) is 0 Å². The van der Waals surface area contributed by atoms with Gasteiger partial charge >= 0.3 is 5.97 Å². The first kappa shape index (κ1) is 19.1. The summed E-state index contributed by atoms with van der Waals surface area (Å²) >= 11 is 0. The van der Waals surface area contributed by atoms with E-state index in [0.29, 0.717) is 16.6 Å². The number of H-pyrrole nitrogens is 2. The molecule has 5 aromatic heterocycles. The van der Waals surface area contributed by atoms with E-state index >= 15 is 0 Å². The Balaban J connectivity index is 1.74. The number of carboxylic acids is 1. The molecule has 8 nitrogen and oxygen atoms in total. The van der Waals surface area contributed by atoms with E-state index in [2.05, 4.69) is 15.0 Å². The molecule has 1 aromatic carbocycles. The Labute approximate surface area is 183 Å². The lowest BCUT2D eigenvalue weighted by Gasteiger charge is -2.09. The zero-order valence-electron chi connectivity index (χ0n) is 16.9. The molecule has 0 atom stereocenters. The number of furan rings is 1. The van der Waals surface area contributed by atoms with Crippen LogP contribution in [0.4, 0.5) is 4.39 Å². The fourth-order valence-electron chi connectivity index (χ4n) is 4.43. The number of hydrogen-bond acceptors (Lipinski definition) is 4. The molecule has 0 saturated carbocycles. The summed E-state index contributed by atoms with van der Waals surface area (Å²) in [4.78, 5) is 35.2. The van der Waals surface area contributed by atoms with Crippen molar-refractivity contribution in [2.45, 2.75) is 6.54 Å². The molecule has 6 aromatic rings. The molecule has 9 heteroatoms. The van der Waals surface area contributed by atoms with Crippen molar-refractivity contribution in [3.63, 3.8) is 0 Å². The number of aromatic amines is 2. The third-order valence-corrected chi connectivity index (χ3v) is 5.80. The van der Waals surface area contributed by atoms with Gasteiger partial charge in [-0.25, -0.2) is 14.2 Å². The molecule has 162 valence electrons. The number of aromatic carboxylic acids is 1. The third kappa shape index (κ3) is 2.79. The number of fused-ring (bicyclic) bond motifs is 4. The van der Waals surface area contributed by atoms with Crippen LogP contribution in [0.25, 0.3) is 44.0 Å². The molecule has 0 spiro atoms. The molecule has 0 fully saturated rings. The summed E-state index contributed by atoms with van der Waals surface area (Å²) in [5.41, 5.74) is 1.64. The van der Waals surface area contributed by atoms with Gasteiger partial charge in [0.25, 0.3) is 5.56 Å². The van der Waals surface area contributed by atoms with Crippen molar-refractivity contribution in [2.24, 2.45) is 0 Å². The standard InChI is InChI=1S/C24H15FN4O4/c25-16-9-17-19(21-14(16)4-7-33-21)18(15-2-1-5-27-23(15)30)20(24(31)32)29(17)11-12-8-13-3-6-26-22(13)28-10-12/h1-10H,11H2,(H,26,28)(H,27,30)(H,31,32). The molecular weight excluding hydrogens is 427 g/mol. The quantitative estimate of drug-likeness (QED) is 0.372. The zero-order valence-corrected chi connectivity index (χ0v) is 16.9. The van der Waals surface area contributed by atoms with E-state index in [4.69, 9.17) is 4.42 Å². The molecule has 0 aliphatic carbocycles. The van der Waals surface area contributed by atoms with Crippen LogP contribution in [-0.2, 0) is 6.54 Å². The van der Waals surface area contributed by atoms with E-state index in [9.17, 15) is 19.1 Å². The van der Waals surface area contributed by atoms with E-state index in [0.717, 1.165) is 10.9 Å². The lowest BCUT2D eigenvalue weighted by Crippen LogP contribution is -2.13. The number of aromatic nitrogens is 4. The minimum atomic E-state index is -1.25. The van der Waals surface area contributed by atoms with Gasteiger partial charge in [0.2, 0.25) is 0 Å². The normalized spacial score (nSPS) is 11.7. The second kappa shape index (κ2) is 6.92. The maximum atomic E-state index is 15.0. The predicted octanol–water partition coefficient (Wildman–Crippen LogP) is 4.50. The van der Waals surface area contributed by atoms with Crippen LogP contribution in [-0.4, -0.2) is 30.6 Å². The predicted molar refractivity (Wildman–Crippen MR) is 120 cm³/mol. The second-order valence-corrected chi connectivity index (χ2v) is 7.70. The van der Waals surface area contributed by atoms with Gasteiger partial charge in [-0.3, -0.25) is 4.79 Å². The molecule has 0 radical (unpaired) electrons. The summed E-state index contributed by atoms with van der Waals surface area (Å²) in [6, 6.07) is 9.65. The van der Waals surface area contributed by atoms with Gasteiger partial charge in [-0.1, -0.05) is 0 Å². The molecule has 0 unspecified atom stereocenters. The Morgan fingerprint density at radius 2 is 2.06 bits per heavy atom. The van der Waals surface area contributed by atoms with Crippen LogP contribution in [0, 0.1) is 5.82 Å². The number of carbonyl (C=O) groups is 1. The molecule has 0 aliphatic rings. The van der Waals surface area contributed by atoms with Gasteiger partial charge in [-0.2, -0.15) is 0 Å². The van der Waals surface area contributed by atoms with Crippen molar-refractivity contribution < 1.29 is 18.7 Å². The first-order chi connectivity index (χ1) is 16.0. The highest BCUT2D eigenvalue weighted by molar-refractivity contribution is 6.17. The lowest BCUT2D eigenvalue weighted by molar-refractivity contribution is 0.0687. The van der Waals surface area contributed by atoms with E-state index in [1.807, 2.05) is 12.1 Å². The summed E-state index contributed by atoms with van der Waals surface area (Å²) in [5.74, 6) is -1.80. The number of nitrogens with one attached hydrogen (secondary N) is 2. The lowest BCUT2D eigenvalue weighted by atomic mass is 10.0. The minimum absolute atomic E-state index is 0.0998. The van der Waals surface area contributed by atoms with Gasteiger partial charge in [0.15, 0.2) is 0 Å². The molecule has 33 heavy (non-hydrogen) atoms. The van der Waals surface area contributed by atoms with Crippen LogP contribution < -0.4 is 5.56 Å². The van der Waals surface area contributed by atoms with Crippen LogP contribution in [0.2, 0.25) is 0 Å². The molecular formula is C24H15FN4O4. The van der Waals surface area contributed by atoms with Crippen molar-refractivity contribution in [1.82, 2.24) is 19.5 Å². The van der Waals surface area contributed by atoms with Gasteiger partial charge in [0.1, 0.15) is 22.7 Å². The van der Waals surface area contributed by atoms with Gasteiger partial charge < -0.3 is 24.1 Å². The number of pyridine rings is 2. The Bertz CT molecular complexity index is 1770. The van der Waals surface area contributed by atoms with E-state index in [-0.39, 0.29) is 34.3 Å². The Kier molecular flexibility index (Phi) is 4.00. The average molecular weight is 442 g/mol. The van der Waals surface area contributed by atoms with E-state index in [1.54, 1.807) is 18.5 Å². The highest BCUT2D eigenvalue weighted by Crippen LogP contribution is 2.40. The van der Waals surface area contributed by atoms with Crippen LogP contribution in [0.3, 0.4) is 0 Å². The Morgan fingerprint density at radius 3 is 2.88 bits per heavy atom. The molecule has 0 aliphatic heterocycles. The van der Waals surface area contributed by atoms with Gasteiger partial charge in [0.05, 0.1) is 28.1 Å². The van der Waals surface area contributed by atoms with Crippen LogP contribution >= 0.6 is 0 Å². The highest BCUT2D eigenvalue weighted by Gasteiger charge is 2.28. The van der Waals surface area contributed by atoms with Crippen LogP contribution in [0.1, 0.15) is 16.1 Å². The molecule has 0 bridgehead atoms. The summed E-state index contributed by atoms with van der Waals surface area (Å²) < 4.78 is 22.0. The second-order valence-electron chi connectivity index (χ2n) is 7.70. The fourth-order valence-corrected chi connectivity index (χ4v) is 4.43. The maximum Gasteiger partial charge on any atom is 0.353 e. The Hall–Kier alpha value is -4.66. The highest BCUT2D eigenvalue weighted by atomic mass is 19.1. The number of rotatable bonds is 4. The Morgan fingerprint density at radius 1 is 1.18 bits per heavy atom. The van der Waals surface area contributed by atoms with Crippen LogP contribution in [0.5, 0.6) is 0 Å². The van der Waals surface area contributed by atoms with Crippen molar-refractivity contribution in [3.8, 4) is 11.1 Å². The molecule has 6 rings (SSSR count). The number of benzene rings is 1.